The molecule has 0 saturated heterocycles. The zero-order valence-electron chi connectivity index (χ0n) is 11.5. The molecular weight excluding hydrogens is 286 g/mol. The topological polar surface area (TPSA) is 87.2 Å². The fourth-order valence-electron chi connectivity index (χ4n) is 2.06. The maximum atomic E-state index is 12.8. The van der Waals surface area contributed by atoms with Gasteiger partial charge in [-0.15, -0.1) is 0 Å². The lowest BCUT2D eigenvalue weighted by molar-refractivity contribution is 0.591. The van der Waals surface area contributed by atoms with Crippen molar-refractivity contribution in [3.05, 3.63) is 54.1 Å². The van der Waals surface area contributed by atoms with E-state index < -0.39 is 10.0 Å². The molecule has 0 aromatic heterocycles. The van der Waals surface area contributed by atoms with Gasteiger partial charge in [-0.05, 0) is 37.3 Å². The number of sulfonamides is 1. The number of hydrogen-bond acceptors (Lipinski definition) is 4. The first kappa shape index (κ1) is 14.9. The lowest BCUT2D eigenvalue weighted by atomic mass is 10.2. The molecule has 0 radical (unpaired) electrons. The SMILES string of the molecule is CCN(c1ccccc1)S(=O)(=O)c1ccc(N)cc1C#N. The Morgan fingerprint density at radius 1 is 1.19 bits per heavy atom. The lowest BCUT2D eigenvalue weighted by Crippen LogP contribution is -2.31. The summed E-state index contributed by atoms with van der Waals surface area (Å²) in [6.45, 7) is 2.01. The zero-order valence-corrected chi connectivity index (χ0v) is 12.3. The van der Waals surface area contributed by atoms with Gasteiger partial charge >= 0.3 is 0 Å². The van der Waals surface area contributed by atoms with Gasteiger partial charge in [0.15, 0.2) is 0 Å². The van der Waals surface area contributed by atoms with Crippen molar-refractivity contribution in [1.82, 2.24) is 0 Å². The summed E-state index contributed by atoms with van der Waals surface area (Å²) in [6, 6.07) is 14.9. The van der Waals surface area contributed by atoms with Crippen molar-refractivity contribution in [1.29, 1.82) is 5.26 Å². The summed E-state index contributed by atoms with van der Waals surface area (Å²) in [6.07, 6.45) is 0. The van der Waals surface area contributed by atoms with Gasteiger partial charge in [-0.1, -0.05) is 18.2 Å². The predicted octanol–water partition coefficient (Wildman–Crippen LogP) is 2.36. The monoisotopic (exact) mass is 301 g/mol. The smallest absolute Gasteiger partial charge is 0.265 e. The van der Waals surface area contributed by atoms with E-state index in [1.807, 2.05) is 12.1 Å². The van der Waals surface area contributed by atoms with Gasteiger partial charge < -0.3 is 5.73 Å². The molecule has 0 unspecified atom stereocenters. The van der Waals surface area contributed by atoms with Crippen molar-refractivity contribution in [3.63, 3.8) is 0 Å². The van der Waals surface area contributed by atoms with Crippen LogP contribution in [0.2, 0.25) is 0 Å². The highest BCUT2D eigenvalue weighted by Crippen LogP contribution is 2.26. The highest BCUT2D eigenvalue weighted by atomic mass is 32.2. The molecule has 0 spiro atoms. The number of nitrogen functional groups attached to an aromatic ring is 1. The molecule has 5 nitrogen and oxygen atoms in total. The maximum absolute atomic E-state index is 12.8. The van der Waals surface area contributed by atoms with E-state index in [1.165, 1.54) is 22.5 Å². The van der Waals surface area contributed by atoms with Crippen molar-refractivity contribution in [3.8, 4) is 6.07 Å². The number of nitrogens with two attached hydrogens (primary N) is 1. The molecule has 0 bridgehead atoms. The summed E-state index contributed by atoms with van der Waals surface area (Å²) >= 11 is 0. The first-order chi connectivity index (χ1) is 10.0. The van der Waals surface area contributed by atoms with E-state index >= 15 is 0 Å². The third-order valence-corrected chi connectivity index (χ3v) is 4.98. The molecule has 21 heavy (non-hydrogen) atoms. The second kappa shape index (κ2) is 5.85. The Kier molecular flexibility index (Phi) is 4.15. The summed E-state index contributed by atoms with van der Waals surface area (Å²) in [5, 5.41) is 9.14. The first-order valence-corrected chi connectivity index (χ1v) is 7.82. The highest BCUT2D eigenvalue weighted by molar-refractivity contribution is 7.92. The summed E-state index contributed by atoms with van der Waals surface area (Å²) in [4.78, 5) is -0.0371. The van der Waals surface area contributed by atoms with E-state index in [2.05, 4.69) is 0 Å². The maximum Gasteiger partial charge on any atom is 0.265 e. The largest absolute Gasteiger partial charge is 0.399 e. The van der Waals surface area contributed by atoms with Gasteiger partial charge in [0.25, 0.3) is 10.0 Å². The van der Waals surface area contributed by atoms with E-state index in [9.17, 15) is 8.42 Å². The van der Waals surface area contributed by atoms with E-state index in [0.29, 0.717) is 11.4 Å². The fraction of sp³-hybridized carbons (Fsp3) is 0.133. The fourth-order valence-corrected chi connectivity index (χ4v) is 3.66. The quantitative estimate of drug-likeness (QED) is 0.878. The molecule has 0 aliphatic carbocycles. The molecule has 0 aliphatic rings. The Balaban J connectivity index is 2.59. The van der Waals surface area contributed by atoms with Crippen LogP contribution in [-0.2, 0) is 10.0 Å². The summed E-state index contributed by atoms with van der Waals surface area (Å²) in [7, 11) is -3.81. The van der Waals surface area contributed by atoms with E-state index in [4.69, 9.17) is 11.0 Å². The number of nitriles is 1. The summed E-state index contributed by atoms with van der Waals surface area (Å²) in [5.74, 6) is 0. The lowest BCUT2D eigenvalue weighted by Gasteiger charge is -2.23. The molecule has 0 atom stereocenters. The van der Waals surface area contributed by atoms with Crippen molar-refractivity contribution < 1.29 is 8.42 Å². The van der Waals surface area contributed by atoms with Gasteiger partial charge in [-0.25, -0.2) is 8.42 Å². The van der Waals surface area contributed by atoms with E-state index in [0.717, 1.165) is 0 Å². The third-order valence-electron chi connectivity index (χ3n) is 3.02. The van der Waals surface area contributed by atoms with Crippen LogP contribution < -0.4 is 10.0 Å². The van der Waals surface area contributed by atoms with Crippen LogP contribution in [0, 0.1) is 11.3 Å². The molecular formula is C15H15N3O2S. The van der Waals surface area contributed by atoms with Crippen LogP contribution in [0.5, 0.6) is 0 Å². The normalized spacial score (nSPS) is 10.9. The minimum absolute atomic E-state index is 0.0371. The van der Waals surface area contributed by atoms with Crippen molar-refractivity contribution >= 4 is 21.4 Å². The number of rotatable bonds is 4. The average Bonchev–Trinajstić information content (AvgIpc) is 2.48. The molecule has 6 heteroatoms. The number of para-hydroxylation sites is 1. The highest BCUT2D eigenvalue weighted by Gasteiger charge is 2.26. The second-order valence-corrected chi connectivity index (χ2v) is 6.20. The van der Waals surface area contributed by atoms with Gasteiger partial charge in [0.05, 0.1) is 11.3 Å². The molecule has 2 aromatic rings. The Hall–Kier alpha value is -2.52. The van der Waals surface area contributed by atoms with Gasteiger partial charge in [0.1, 0.15) is 11.0 Å². The minimum atomic E-state index is -3.81. The van der Waals surface area contributed by atoms with Crippen molar-refractivity contribution in [2.24, 2.45) is 0 Å². The second-order valence-electron chi connectivity index (χ2n) is 4.37. The third kappa shape index (κ3) is 2.83. The Morgan fingerprint density at radius 3 is 2.43 bits per heavy atom. The Labute approximate surface area is 124 Å². The molecule has 0 amide bonds. The Morgan fingerprint density at radius 2 is 1.86 bits per heavy atom. The molecule has 2 rings (SSSR count). The van der Waals surface area contributed by atoms with Crippen LogP contribution in [0.15, 0.2) is 53.4 Å². The molecule has 0 fully saturated rings. The van der Waals surface area contributed by atoms with Crippen LogP contribution >= 0.6 is 0 Å². The molecule has 0 heterocycles. The van der Waals surface area contributed by atoms with E-state index in [1.54, 1.807) is 31.2 Å². The molecule has 2 N–H and O–H groups in total. The van der Waals surface area contributed by atoms with Crippen LogP contribution in [0.3, 0.4) is 0 Å². The average molecular weight is 301 g/mol. The number of hydrogen-bond donors (Lipinski definition) is 1. The van der Waals surface area contributed by atoms with Crippen LogP contribution in [0.4, 0.5) is 11.4 Å². The van der Waals surface area contributed by atoms with Gasteiger partial charge in [0.2, 0.25) is 0 Å². The van der Waals surface area contributed by atoms with Crippen LogP contribution in [0.1, 0.15) is 12.5 Å². The van der Waals surface area contributed by atoms with Crippen molar-refractivity contribution in [2.75, 3.05) is 16.6 Å². The number of nitrogens with zero attached hydrogens (tertiary/aromatic N) is 2. The van der Waals surface area contributed by atoms with Gasteiger partial charge in [-0.3, -0.25) is 4.31 Å². The first-order valence-electron chi connectivity index (χ1n) is 6.38. The molecule has 108 valence electrons. The molecule has 0 saturated carbocycles. The van der Waals surface area contributed by atoms with Crippen LogP contribution in [-0.4, -0.2) is 15.0 Å². The van der Waals surface area contributed by atoms with Gasteiger partial charge in [-0.2, -0.15) is 5.26 Å². The van der Waals surface area contributed by atoms with Crippen LogP contribution in [0.25, 0.3) is 0 Å². The van der Waals surface area contributed by atoms with E-state index in [-0.39, 0.29) is 17.0 Å². The Bertz CT molecular complexity index is 780. The standard InChI is InChI=1S/C15H15N3O2S/c1-2-18(14-6-4-3-5-7-14)21(19,20)15-9-8-13(17)10-12(15)11-16/h3-10H,2,17H2,1H3. The summed E-state index contributed by atoms with van der Waals surface area (Å²) in [5.41, 5.74) is 6.56. The van der Waals surface area contributed by atoms with Crippen molar-refractivity contribution in [2.45, 2.75) is 11.8 Å². The number of benzene rings is 2. The predicted molar refractivity (Wildman–Crippen MR) is 82.2 cm³/mol. The minimum Gasteiger partial charge on any atom is -0.399 e. The number of anilines is 2. The zero-order chi connectivity index (χ0) is 15.5. The molecule has 2 aromatic carbocycles. The van der Waals surface area contributed by atoms with Gasteiger partial charge in [0, 0.05) is 12.2 Å². The summed E-state index contributed by atoms with van der Waals surface area (Å²) < 4.78 is 26.8. The molecule has 0 aliphatic heterocycles.